The van der Waals surface area contributed by atoms with Gasteiger partial charge in [0.1, 0.15) is 0 Å². The molecule has 2 aromatic carbocycles. The average Bonchev–Trinajstić information content (AvgIpc) is 2.27. The molecule has 2 rings (SSSR count). The van der Waals surface area contributed by atoms with Gasteiger partial charge in [-0.3, -0.25) is 0 Å². The van der Waals surface area contributed by atoms with Gasteiger partial charge in [-0.15, -0.1) is 0 Å². The first kappa shape index (κ1) is 13.1. The molecule has 0 amide bonds. The maximum absolute atomic E-state index is 12.7. The highest BCUT2D eigenvalue weighted by molar-refractivity contribution is 9.10. The number of halogens is 4. The molecular formula is C14H10BrF3. The van der Waals surface area contributed by atoms with Crippen LogP contribution in [0.2, 0.25) is 0 Å². The predicted octanol–water partition coefficient (Wildman–Crippen LogP) is 5.44. The molecular weight excluding hydrogens is 305 g/mol. The van der Waals surface area contributed by atoms with Crippen LogP contribution < -0.4 is 0 Å². The first-order valence-electron chi connectivity index (χ1n) is 5.31. The zero-order valence-electron chi connectivity index (χ0n) is 9.55. The number of hydrogen-bond acceptors (Lipinski definition) is 0. The summed E-state index contributed by atoms with van der Waals surface area (Å²) in [5.74, 6) is 0. The largest absolute Gasteiger partial charge is 0.416 e. The summed E-state index contributed by atoms with van der Waals surface area (Å²) in [6, 6.07) is 11.3. The zero-order chi connectivity index (χ0) is 13.3. The second-order valence-corrected chi connectivity index (χ2v) is 5.01. The van der Waals surface area contributed by atoms with Crippen molar-refractivity contribution < 1.29 is 13.2 Å². The molecule has 0 bridgehead atoms. The maximum atomic E-state index is 12.7. The van der Waals surface area contributed by atoms with Crippen molar-refractivity contribution in [3.8, 4) is 11.1 Å². The molecule has 0 nitrogen and oxygen atoms in total. The molecule has 0 unspecified atom stereocenters. The Hall–Kier alpha value is -1.29. The number of rotatable bonds is 1. The van der Waals surface area contributed by atoms with Gasteiger partial charge in [-0.05, 0) is 36.2 Å². The first-order valence-corrected chi connectivity index (χ1v) is 6.10. The lowest BCUT2D eigenvalue weighted by atomic mass is 10.0. The fourth-order valence-electron chi connectivity index (χ4n) is 1.74. The number of aryl methyl sites for hydroxylation is 1. The van der Waals surface area contributed by atoms with Crippen LogP contribution in [0.15, 0.2) is 46.9 Å². The lowest BCUT2D eigenvalue weighted by Gasteiger charge is -2.10. The molecule has 2 aromatic rings. The molecule has 0 aliphatic carbocycles. The summed E-state index contributed by atoms with van der Waals surface area (Å²) >= 11 is 3.12. The van der Waals surface area contributed by atoms with Gasteiger partial charge in [0.2, 0.25) is 0 Å². The monoisotopic (exact) mass is 314 g/mol. The van der Waals surface area contributed by atoms with E-state index in [4.69, 9.17) is 0 Å². The first-order chi connectivity index (χ1) is 8.36. The molecule has 0 fully saturated rings. The zero-order valence-corrected chi connectivity index (χ0v) is 11.1. The van der Waals surface area contributed by atoms with Gasteiger partial charge < -0.3 is 0 Å². The van der Waals surface area contributed by atoms with Crippen molar-refractivity contribution in [2.75, 3.05) is 0 Å². The summed E-state index contributed by atoms with van der Waals surface area (Å²) in [7, 11) is 0. The summed E-state index contributed by atoms with van der Waals surface area (Å²) < 4.78 is 38.6. The number of hydrogen-bond donors (Lipinski definition) is 0. The average molecular weight is 315 g/mol. The normalized spacial score (nSPS) is 11.6. The van der Waals surface area contributed by atoms with Gasteiger partial charge in [0.15, 0.2) is 0 Å². The third-order valence-electron chi connectivity index (χ3n) is 2.58. The van der Waals surface area contributed by atoms with Crippen LogP contribution in [0.25, 0.3) is 11.1 Å². The highest BCUT2D eigenvalue weighted by atomic mass is 79.9. The number of alkyl halides is 3. The molecule has 0 aliphatic rings. The lowest BCUT2D eigenvalue weighted by molar-refractivity contribution is -0.137. The maximum Gasteiger partial charge on any atom is 0.416 e. The van der Waals surface area contributed by atoms with Crippen LogP contribution in [-0.4, -0.2) is 0 Å². The van der Waals surface area contributed by atoms with Crippen LogP contribution >= 0.6 is 15.9 Å². The minimum atomic E-state index is -4.33. The molecule has 4 heteroatoms. The second kappa shape index (κ2) is 4.76. The summed E-state index contributed by atoms with van der Waals surface area (Å²) in [6.07, 6.45) is -4.33. The van der Waals surface area contributed by atoms with E-state index in [2.05, 4.69) is 15.9 Å². The van der Waals surface area contributed by atoms with Crippen LogP contribution in [0.1, 0.15) is 11.1 Å². The van der Waals surface area contributed by atoms with Crippen molar-refractivity contribution in [2.45, 2.75) is 13.1 Å². The Balaban J connectivity index is 2.55. The molecule has 0 aliphatic heterocycles. The van der Waals surface area contributed by atoms with Crippen molar-refractivity contribution in [3.05, 3.63) is 58.1 Å². The topological polar surface area (TPSA) is 0 Å². The van der Waals surface area contributed by atoms with Gasteiger partial charge in [-0.2, -0.15) is 13.2 Å². The summed E-state index contributed by atoms with van der Waals surface area (Å²) in [6.45, 7) is 1.91. The lowest BCUT2D eigenvalue weighted by Crippen LogP contribution is -2.04. The molecule has 0 saturated carbocycles. The number of benzene rings is 2. The van der Waals surface area contributed by atoms with Gasteiger partial charge in [-0.25, -0.2) is 0 Å². The van der Waals surface area contributed by atoms with Gasteiger partial charge in [0, 0.05) is 4.47 Å². The van der Waals surface area contributed by atoms with Gasteiger partial charge in [0.05, 0.1) is 5.56 Å². The second-order valence-electron chi connectivity index (χ2n) is 4.10. The highest BCUT2D eigenvalue weighted by Gasteiger charge is 2.31. The molecule has 94 valence electrons. The molecule has 18 heavy (non-hydrogen) atoms. The Morgan fingerprint density at radius 1 is 0.944 bits per heavy atom. The van der Waals surface area contributed by atoms with E-state index in [-0.39, 0.29) is 0 Å². The fourth-order valence-corrected chi connectivity index (χ4v) is 2.24. The smallest absolute Gasteiger partial charge is 0.166 e. The highest BCUT2D eigenvalue weighted by Crippen LogP contribution is 2.34. The van der Waals surface area contributed by atoms with Gasteiger partial charge >= 0.3 is 6.18 Å². The van der Waals surface area contributed by atoms with E-state index in [0.717, 1.165) is 17.2 Å². The summed E-state index contributed by atoms with van der Waals surface area (Å²) in [5.41, 5.74) is 1.71. The van der Waals surface area contributed by atoms with Crippen molar-refractivity contribution >= 4 is 15.9 Å². The van der Waals surface area contributed by atoms with E-state index in [1.165, 1.54) is 6.07 Å². The van der Waals surface area contributed by atoms with E-state index in [0.29, 0.717) is 10.0 Å². The minimum absolute atomic E-state index is 0.425. The van der Waals surface area contributed by atoms with E-state index in [1.807, 2.05) is 25.1 Å². The molecule has 0 N–H and O–H groups in total. The van der Waals surface area contributed by atoms with Crippen LogP contribution in [0.3, 0.4) is 0 Å². The van der Waals surface area contributed by atoms with E-state index in [1.54, 1.807) is 12.1 Å². The molecule has 0 spiro atoms. The van der Waals surface area contributed by atoms with Crippen LogP contribution in [0.5, 0.6) is 0 Å². The van der Waals surface area contributed by atoms with E-state index in [9.17, 15) is 13.2 Å². The Labute approximate surface area is 112 Å². The fraction of sp³-hybridized carbons (Fsp3) is 0.143. The molecule has 0 atom stereocenters. The standard InChI is InChI=1S/C14H10BrF3/c1-9-3-2-4-10(5-9)11-6-12(14(16,17)18)8-13(15)7-11/h2-8H,1H3. The van der Waals surface area contributed by atoms with Gasteiger partial charge in [0.25, 0.3) is 0 Å². The third-order valence-corrected chi connectivity index (χ3v) is 3.03. The quantitative estimate of drug-likeness (QED) is 0.657. The van der Waals surface area contributed by atoms with Crippen LogP contribution in [-0.2, 0) is 6.18 Å². The van der Waals surface area contributed by atoms with Gasteiger partial charge in [-0.1, -0.05) is 45.8 Å². The van der Waals surface area contributed by atoms with Crippen LogP contribution in [0.4, 0.5) is 13.2 Å². The minimum Gasteiger partial charge on any atom is -0.166 e. The Morgan fingerprint density at radius 2 is 1.67 bits per heavy atom. The Bertz CT molecular complexity index is 573. The van der Waals surface area contributed by atoms with Crippen molar-refractivity contribution in [1.82, 2.24) is 0 Å². The van der Waals surface area contributed by atoms with Crippen molar-refractivity contribution in [3.63, 3.8) is 0 Å². The Morgan fingerprint density at radius 3 is 2.28 bits per heavy atom. The summed E-state index contributed by atoms with van der Waals surface area (Å²) in [4.78, 5) is 0. The third kappa shape index (κ3) is 2.93. The molecule has 0 heterocycles. The van der Waals surface area contributed by atoms with E-state index >= 15 is 0 Å². The predicted molar refractivity (Wildman–Crippen MR) is 69.3 cm³/mol. The summed E-state index contributed by atoms with van der Waals surface area (Å²) in [5, 5.41) is 0. The SMILES string of the molecule is Cc1cccc(-c2cc(Br)cc(C(F)(F)F)c2)c1. The van der Waals surface area contributed by atoms with Crippen LogP contribution in [0, 0.1) is 6.92 Å². The van der Waals surface area contributed by atoms with E-state index < -0.39 is 11.7 Å². The molecule has 0 saturated heterocycles. The molecule has 0 aromatic heterocycles. The van der Waals surface area contributed by atoms with Crippen molar-refractivity contribution in [1.29, 1.82) is 0 Å². The molecule has 0 radical (unpaired) electrons. The van der Waals surface area contributed by atoms with Crippen molar-refractivity contribution in [2.24, 2.45) is 0 Å². The Kier molecular flexibility index (Phi) is 3.48.